The van der Waals surface area contributed by atoms with E-state index in [9.17, 15) is 0 Å². The predicted octanol–water partition coefficient (Wildman–Crippen LogP) is 11.4. The topological polar surface area (TPSA) is 30.7 Å². The molecule has 3 aromatic heterocycles. The quantitative estimate of drug-likeness (QED) is 0.187. The molecule has 0 spiro atoms. The summed E-state index contributed by atoms with van der Waals surface area (Å²) in [5, 5.41) is 11.2. The summed E-state index contributed by atoms with van der Waals surface area (Å²) in [6.45, 7) is 2.12. The third-order valence-electron chi connectivity index (χ3n) is 9.23. The smallest absolute Gasteiger partial charge is 0.235 e. The zero-order valence-electron chi connectivity index (χ0n) is 24.5. The number of fused-ring (bicyclic) bond motifs is 12. The molecule has 0 fully saturated rings. The zero-order valence-corrected chi connectivity index (χ0v) is 25.3. The number of hydrogen-bond acceptors (Lipinski definition) is 3. The largest absolute Gasteiger partial charge is 0.276 e. The van der Waals surface area contributed by atoms with Crippen molar-refractivity contribution in [2.45, 2.75) is 6.92 Å². The molecule has 4 heteroatoms. The van der Waals surface area contributed by atoms with Gasteiger partial charge in [0.1, 0.15) is 0 Å². The van der Waals surface area contributed by atoms with Gasteiger partial charge in [-0.3, -0.25) is 4.57 Å². The Morgan fingerprint density at radius 2 is 1.22 bits per heavy atom. The Bertz CT molecular complexity index is 2820. The Kier molecular flexibility index (Phi) is 5.08. The van der Waals surface area contributed by atoms with E-state index in [1.54, 1.807) is 0 Å². The van der Waals surface area contributed by atoms with E-state index in [2.05, 4.69) is 145 Å². The van der Waals surface area contributed by atoms with Gasteiger partial charge in [-0.05, 0) is 40.8 Å². The molecule has 3 nitrogen and oxygen atoms in total. The molecule has 0 saturated heterocycles. The fourth-order valence-electron chi connectivity index (χ4n) is 7.18. The minimum absolute atomic E-state index is 0.693. The average molecular weight is 592 g/mol. The van der Waals surface area contributed by atoms with E-state index in [0.29, 0.717) is 5.95 Å². The summed E-state index contributed by atoms with van der Waals surface area (Å²) in [6.07, 6.45) is 0. The van der Waals surface area contributed by atoms with Gasteiger partial charge >= 0.3 is 0 Å². The van der Waals surface area contributed by atoms with E-state index in [1.807, 2.05) is 11.3 Å². The lowest BCUT2D eigenvalue weighted by atomic mass is 9.99. The van der Waals surface area contributed by atoms with Crippen molar-refractivity contribution in [3.8, 4) is 17.2 Å². The molecular formula is C41H25N3S. The highest BCUT2D eigenvalue weighted by Gasteiger charge is 2.21. The summed E-state index contributed by atoms with van der Waals surface area (Å²) >= 11 is 1.89. The monoisotopic (exact) mass is 591 g/mol. The van der Waals surface area contributed by atoms with Gasteiger partial charge in [0.05, 0.1) is 26.9 Å². The van der Waals surface area contributed by atoms with Gasteiger partial charge < -0.3 is 0 Å². The maximum absolute atomic E-state index is 5.35. The SMILES string of the molecule is Cc1ccc2c(-c3ccccc3)nc(-n3c4ccccc4c4ccc5c6ccc7ccc8ccccc8c7c6sc5c43)nc2c1. The van der Waals surface area contributed by atoms with E-state index < -0.39 is 0 Å². The zero-order chi connectivity index (χ0) is 29.6. The number of nitrogens with zero attached hydrogens (tertiary/aromatic N) is 3. The molecule has 0 unspecified atom stereocenters. The molecule has 0 amide bonds. The number of para-hydroxylation sites is 1. The van der Waals surface area contributed by atoms with Crippen molar-refractivity contribution in [2.75, 3.05) is 0 Å². The third kappa shape index (κ3) is 3.51. The standard InChI is InChI=1S/C41H25N3S/c1-24-15-19-33-34(23-24)42-41(43-37(33)27-10-3-2-4-11-27)44-35-14-8-7-13-29(35)30-21-22-32-31-20-18-26-17-16-25-9-5-6-12-28(25)36(26)39(31)45-40(32)38(30)44/h2-23H,1H3. The summed E-state index contributed by atoms with van der Waals surface area (Å²) < 4.78 is 4.88. The molecule has 7 aromatic carbocycles. The molecule has 0 aliphatic rings. The summed E-state index contributed by atoms with van der Waals surface area (Å²) in [5.41, 5.74) is 6.43. The summed E-state index contributed by atoms with van der Waals surface area (Å²) in [5.74, 6) is 0.693. The number of hydrogen-bond donors (Lipinski definition) is 0. The highest BCUT2D eigenvalue weighted by molar-refractivity contribution is 7.27. The normalized spacial score (nSPS) is 12.1. The number of benzene rings is 7. The van der Waals surface area contributed by atoms with Crippen molar-refractivity contribution in [3.63, 3.8) is 0 Å². The maximum Gasteiger partial charge on any atom is 0.235 e. The first kappa shape index (κ1) is 24.8. The van der Waals surface area contributed by atoms with Crippen LogP contribution in [0.1, 0.15) is 5.56 Å². The second-order valence-corrected chi connectivity index (χ2v) is 12.9. The molecule has 0 atom stereocenters. The van der Waals surface area contributed by atoms with Gasteiger partial charge in [0.25, 0.3) is 0 Å². The van der Waals surface area contributed by atoms with Gasteiger partial charge in [0.2, 0.25) is 5.95 Å². The minimum Gasteiger partial charge on any atom is -0.276 e. The lowest BCUT2D eigenvalue weighted by Crippen LogP contribution is -2.03. The summed E-state index contributed by atoms with van der Waals surface area (Å²) in [4.78, 5) is 10.6. The molecule has 10 rings (SSSR count). The van der Waals surface area contributed by atoms with Crippen molar-refractivity contribution in [1.82, 2.24) is 14.5 Å². The van der Waals surface area contributed by atoms with Gasteiger partial charge in [-0.1, -0.05) is 121 Å². The van der Waals surface area contributed by atoms with Crippen LogP contribution in [-0.4, -0.2) is 14.5 Å². The first-order valence-electron chi connectivity index (χ1n) is 15.3. The summed E-state index contributed by atoms with van der Waals surface area (Å²) in [7, 11) is 0. The Morgan fingerprint density at radius 1 is 0.533 bits per heavy atom. The van der Waals surface area contributed by atoms with Crippen LogP contribution >= 0.6 is 11.3 Å². The minimum atomic E-state index is 0.693. The average Bonchev–Trinajstić information content (AvgIpc) is 3.64. The molecule has 3 heterocycles. The lowest BCUT2D eigenvalue weighted by Gasteiger charge is -2.12. The molecule has 0 bridgehead atoms. The first-order valence-corrected chi connectivity index (χ1v) is 16.1. The highest BCUT2D eigenvalue weighted by Crippen LogP contribution is 2.46. The van der Waals surface area contributed by atoms with Crippen LogP contribution in [-0.2, 0) is 0 Å². The Balaban J connectivity index is 1.39. The first-order chi connectivity index (χ1) is 22.2. The molecule has 10 aromatic rings. The Hall–Kier alpha value is -5.58. The molecule has 0 saturated carbocycles. The number of aryl methyl sites for hydroxylation is 1. The van der Waals surface area contributed by atoms with Crippen molar-refractivity contribution in [2.24, 2.45) is 0 Å². The molecule has 210 valence electrons. The Labute approximate surface area is 262 Å². The van der Waals surface area contributed by atoms with Gasteiger partial charge in [-0.2, -0.15) is 0 Å². The molecule has 0 radical (unpaired) electrons. The van der Waals surface area contributed by atoms with Crippen molar-refractivity contribution in [1.29, 1.82) is 0 Å². The van der Waals surface area contributed by atoms with Crippen LogP contribution in [0.4, 0.5) is 0 Å². The van der Waals surface area contributed by atoms with Crippen LogP contribution < -0.4 is 0 Å². The van der Waals surface area contributed by atoms with Crippen LogP contribution in [0.5, 0.6) is 0 Å². The molecule has 0 aliphatic heterocycles. The fraction of sp³-hybridized carbons (Fsp3) is 0.0244. The van der Waals surface area contributed by atoms with Crippen molar-refractivity contribution < 1.29 is 0 Å². The van der Waals surface area contributed by atoms with Crippen LogP contribution in [0.15, 0.2) is 133 Å². The maximum atomic E-state index is 5.35. The molecule has 45 heavy (non-hydrogen) atoms. The second-order valence-electron chi connectivity index (χ2n) is 11.9. The van der Waals surface area contributed by atoms with Crippen LogP contribution in [0.25, 0.3) is 91.6 Å². The third-order valence-corrected chi connectivity index (χ3v) is 10.5. The van der Waals surface area contributed by atoms with Crippen LogP contribution in [0.2, 0.25) is 0 Å². The fourth-order valence-corrected chi connectivity index (χ4v) is 8.59. The van der Waals surface area contributed by atoms with E-state index in [1.165, 1.54) is 58.1 Å². The van der Waals surface area contributed by atoms with E-state index in [4.69, 9.17) is 9.97 Å². The Morgan fingerprint density at radius 3 is 2.13 bits per heavy atom. The number of aromatic nitrogens is 3. The summed E-state index contributed by atoms with van der Waals surface area (Å²) in [6, 6.07) is 48.0. The second kappa shape index (κ2) is 9.21. The number of rotatable bonds is 2. The lowest BCUT2D eigenvalue weighted by molar-refractivity contribution is 1.02. The van der Waals surface area contributed by atoms with Crippen LogP contribution in [0.3, 0.4) is 0 Å². The van der Waals surface area contributed by atoms with Crippen molar-refractivity contribution in [3.05, 3.63) is 139 Å². The van der Waals surface area contributed by atoms with E-state index in [-0.39, 0.29) is 0 Å². The van der Waals surface area contributed by atoms with Crippen LogP contribution in [0, 0.1) is 6.92 Å². The number of thiophene rings is 1. The molecular weight excluding hydrogens is 567 g/mol. The van der Waals surface area contributed by atoms with Gasteiger partial charge in [-0.15, -0.1) is 11.3 Å². The molecule has 0 N–H and O–H groups in total. The van der Waals surface area contributed by atoms with Gasteiger partial charge in [0, 0.05) is 42.6 Å². The van der Waals surface area contributed by atoms with Gasteiger partial charge in [0.15, 0.2) is 0 Å². The van der Waals surface area contributed by atoms with E-state index in [0.717, 1.165) is 33.2 Å². The highest BCUT2D eigenvalue weighted by atomic mass is 32.1. The van der Waals surface area contributed by atoms with Crippen molar-refractivity contribution >= 4 is 85.8 Å². The predicted molar refractivity (Wildman–Crippen MR) is 192 cm³/mol. The van der Waals surface area contributed by atoms with Gasteiger partial charge in [-0.25, -0.2) is 9.97 Å². The van der Waals surface area contributed by atoms with E-state index >= 15 is 0 Å². The molecule has 0 aliphatic carbocycles.